The molecule has 155 valence electrons. The van der Waals surface area contributed by atoms with Gasteiger partial charge in [0.05, 0.1) is 35.3 Å². The minimum absolute atomic E-state index is 0.161. The van der Waals surface area contributed by atoms with Crippen LogP contribution in [0.25, 0.3) is 15.9 Å². The van der Waals surface area contributed by atoms with Crippen LogP contribution >= 0.6 is 23.4 Å². The molecule has 30 heavy (non-hydrogen) atoms. The van der Waals surface area contributed by atoms with Crippen LogP contribution in [0.1, 0.15) is 37.7 Å². The van der Waals surface area contributed by atoms with Crippen molar-refractivity contribution in [3.8, 4) is 5.75 Å². The van der Waals surface area contributed by atoms with Gasteiger partial charge in [0.25, 0.3) is 0 Å². The number of halogens is 1. The van der Waals surface area contributed by atoms with E-state index in [1.54, 1.807) is 7.11 Å². The van der Waals surface area contributed by atoms with Crippen LogP contribution in [0.15, 0.2) is 42.5 Å². The van der Waals surface area contributed by atoms with Crippen molar-refractivity contribution in [2.45, 2.75) is 31.7 Å². The first-order valence-corrected chi connectivity index (χ1v) is 11.5. The zero-order chi connectivity index (χ0) is 20.8. The molecule has 0 saturated carbocycles. The van der Waals surface area contributed by atoms with Crippen molar-refractivity contribution >= 4 is 39.3 Å². The number of H-pyrrole nitrogens is 1. The molecule has 3 heterocycles. The number of aromatic nitrogens is 2. The molecular formula is C23H24ClN4OS. The largest absolute Gasteiger partial charge is 0.497 e. The highest BCUT2D eigenvalue weighted by molar-refractivity contribution is 8.09. The number of imidazole rings is 1. The van der Waals surface area contributed by atoms with Gasteiger partial charge in [-0.05, 0) is 49.1 Å². The van der Waals surface area contributed by atoms with E-state index in [1.165, 1.54) is 0 Å². The van der Waals surface area contributed by atoms with Crippen molar-refractivity contribution in [2.75, 3.05) is 13.7 Å². The second kappa shape index (κ2) is 7.84. The van der Waals surface area contributed by atoms with Gasteiger partial charge >= 0.3 is 0 Å². The highest BCUT2D eigenvalue weighted by Gasteiger charge is 2.41. The lowest BCUT2D eigenvalue weighted by molar-refractivity contribution is -0.0128. The Labute approximate surface area is 186 Å². The van der Waals surface area contributed by atoms with E-state index in [2.05, 4.69) is 47.2 Å². The summed E-state index contributed by atoms with van der Waals surface area (Å²) >= 11 is 8.20. The molecule has 0 spiro atoms. The molecular weight excluding hydrogens is 416 g/mol. The molecule has 1 unspecified atom stereocenters. The molecule has 3 aromatic rings. The molecule has 7 heteroatoms. The monoisotopic (exact) mass is 439 g/mol. The Kier molecular flexibility index (Phi) is 5.17. The molecule has 2 aromatic carbocycles. The van der Waals surface area contributed by atoms with Crippen molar-refractivity contribution < 1.29 is 4.74 Å². The molecule has 3 atom stereocenters. The third kappa shape index (κ3) is 3.37. The number of ether oxygens (including phenoxy) is 1. The van der Waals surface area contributed by atoms with Gasteiger partial charge in [-0.3, -0.25) is 5.01 Å². The fourth-order valence-electron chi connectivity index (χ4n) is 4.35. The smallest absolute Gasteiger partial charge is 0.126 e. The maximum Gasteiger partial charge on any atom is 0.126 e. The standard InChI is InChI=1S/C23H24ClN4OS/c1-14-10-11-27(22(14)23-25-19-9-5-8-18(24)21(19)26-23)28-13-20(30-15(28)2)16-6-4-7-17(12-16)29-3/h4-9,12,14-15,22H,10-11H2,1-3H3,(H,25,26)/t14-,15?,22-/m0/s1. The molecule has 0 amide bonds. The molecule has 2 aliphatic rings. The fourth-order valence-corrected chi connectivity index (χ4v) is 5.59. The Bertz CT molecular complexity index is 1110. The maximum atomic E-state index is 6.38. The second-order valence-corrected chi connectivity index (χ2v) is 9.60. The van der Waals surface area contributed by atoms with Crippen LogP contribution in [0.2, 0.25) is 5.02 Å². The topological polar surface area (TPSA) is 44.4 Å². The summed E-state index contributed by atoms with van der Waals surface area (Å²) < 4.78 is 5.40. The summed E-state index contributed by atoms with van der Waals surface area (Å²) in [5.74, 6) is 2.31. The van der Waals surface area contributed by atoms with E-state index in [0.29, 0.717) is 10.9 Å². The van der Waals surface area contributed by atoms with Crippen LogP contribution in [0.5, 0.6) is 5.75 Å². The van der Waals surface area contributed by atoms with Crippen LogP contribution in [-0.2, 0) is 0 Å². The van der Waals surface area contributed by atoms with E-state index in [9.17, 15) is 0 Å². The maximum absolute atomic E-state index is 6.38. The summed E-state index contributed by atoms with van der Waals surface area (Å²) in [5, 5.41) is 5.60. The molecule has 1 saturated heterocycles. The normalized spacial score (nSPS) is 24.6. The van der Waals surface area contributed by atoms with Crippen LogP contribution in [-0.4, -0.2) is 39.0 Å². The number of thioether (sulfide) groups is 1. The molecule has 0 aliphatic carbocycles. The Hall–Kier alpha value is -2.15. The van der Waals surface area contributed by atoms with Gasteiger partial charge in [0.15, 0.2) is 0 Å². The van der Waals surface area contributed by atoms with E-state index in [1.807, 2.05) is 42.1 Å². The first-order valence-electron chi connectivity index (χ1n) is 10.2. The molecule has 2 aliphatic heterocycles. The summed E-state index contributed by atoms with van der Waals surface area (Å²) in [6.07, 6.45) is 4.74. The number of methoxy groups -OCH3 is 1. The molecule has 0 bridgehead atoms. The van der Waals surface area contributed by atoms with Gasteiger partial charge in [-0.1, -0.05) is 48.5 Å². The number of rotatable bonds is 4. The summed E-state index contributed by atoms with van der Waals surface area (Å²) in [4.78, 5) is 9.52. The highest BCUT2D eigenvalue weighted by Crippen LogP contribution is 2.45. The number of aromatic amines is 1. The van der Waals surface area contributed by atoms with Crippen molar-refractivity contribution in [1.29, 1.82) is 0 Å². The third-order valence-corrected chi connectivity index (χ3v) is 7.30. The van der Waals surface area contributed by atoms with Gasteiger partial charge in [-0.25, -0.2) is 9.99 Å². The molecule has 1 aromatic heterocycles. The van der Waals surface area contributed by atoms with Gasteiger partial charge in [-0.15, -0.1) is 0 Å². The zero-order valence-corrected chi connectivity index (χ0v) is 18.8. The molecule has 1 N–H and O–H groups in total. The molecule has 1 radical (unpaired) electrons. The lowest BCUT2D eigenvalue weighted by Gasteiger charge is -2.35. The van der Waals surface area contributed by atoms with E-state index in [4.69, 9.17) is 21.3 Å². The molecule has 5 rings (SSSR count). The SMILES string of the molecule is COc1cccc(C2=[C]N(N3CC[C@H](C)[C@H]3c3nc4c(Cl)cccc4[nH]3)C(C)S2)c1. The quantitative estimate of drug-likeness (QED) is 0.563. The number of para-hydroxylation sites is 1. The van der Waals surface area contributed by atoms with Crippen molar-refractivity contribution in [1.82, 2.24) is 20.0 Å². The van der Waals surface area contributed by atoms with E-state index >= 15 is 0 Å². The lowest BCUT2D eigenvalue weighted by atomic mass is 10.0. The van der Waals surface area contributed by atoms with E-state index in [-0.39, 0.29) is 11.4 Å². The first kappa shape index (κ1) is 19.8. The average molecular weight is 440 g/mol. The average Bonchev–Trinajstić information content (AvgIpc) is 3.44. The number of hydrogen-bond acceptors (Lipinski definition) is 5. The Morgan fingerprint density at radius 2 is 2.07 bits per heavy atom. The highest BCUT2D eigenvalue weighted by atomic mass is 35.5. The van der Waals surface area contributed by atoms with Crippen LogP contribution in [0, 0.1) is 12.1 Å². The van der Waals surface area contributed by atoms with Crippen molar-refractivity contribution in [3.05, 3.63) is 65.1 Å². The van der Waals surface area contributed by atoms with Gasteiger partial charge in [0.1, 0.15) is 17.1 Å². The summed E-state index contributed by atoms with van der Waals surface area (Å²) in [7, 11) is 1.70. The lowest BCUT2D eigenvalue weighted by Crippen LogP contribution is -2.42. The number of hydrazine groups is 1. The summed E-state index contributed by atoms with van der Waals surface area (Å²) in [6.45, 7) is 5.49. The number of benzene rings is 2. The Morgan fingerprint density at radius 3 is 2.87 bits per heavy atom. The zero-order valence-electron chi connectivity index (χ0n) is 17.2. The van der Waals surface area contributed by atoms with Crippen LogP contribution in [0.3, 0.4) is 0 Å². The van der Waals surface area contributed by atoms with Gasteiger partial charge in [0, 0.05) is 11.4 Å². The minimum atomic E-state index is 0.161. The third-order valence-electron chi connectivity index (χ3n) is 5.89. The number of nitrogens with one attached hydrogen (secondary N) is 1. The number of hydrogen-bond donors (Lipinski definition) is 1. The second-order valence-electron chi connectivity index (χ2n) is 7.87. The van der Waals surface area contributed by atoms with Gasteiger partial charge in [0.2, 0.25) is 0 Å². The molecule has 1 fully saturated rings. The fraction of sp³-hybridized carbons (Fsp3) is 0.348. The summed E-state index contributed by atoms with van der Waals surface area (Å²) in [5.41, 5.74) is 2.96. The van der Waals surface area contributed by atoms with Crippen LogP contribution < -0.4 is 4.74 Å². The van der Waals surface area contributed by atoms with Crippen molar-refractivity contribution in [2.24, 2.45) is 5.92 Å². The molecule has 5 nitrogen and oxygen atoms in total. The van der Waals surface area contributed by atoms with Crippen LogP contribution in [0.4, 0.5) is 0 Å². The van der Waals surface area contributed by atoms with Crippen molar-refractivity contribution in [3.63, 3.8) is 0 Å². The van der Waals surface area contributed by atoms with Gasteiger partial charge < -0.3 is 9.72 Å². The van der Waals surface area contributed by atoms with E-state index in [0.717, 1.165) is 46.0 Å². The predicted molar refractivity (Wildman–Crippen MR) is 123 cm³/mol. The predicted octanol–water partition coefficient (Wildman–Crippen LogP) is 5.72. The van der Waals surface area contributed by atoms with Gasteiger partial charge in [-0.2, -0.15) is 0 Å². The number of fused-ring (bicyclic) bond motifs is 1. The number of nitrogens with zero attached hydrogens (tertiary/aromatic N) is 3. The summed E-state index contributed by atoms with van der Waals surface area (Å²) in [6, 6.07) is 14.2. The minimum Gasteiger partial charge on any atom is -0.497 e. The Morgan fingerprint density at radius 1 is 1.23 bits per heavy atom. The van der Waals surface area contributed by atoms with E-state index < -0.39 is 0 Å². The Balaban J connectivity index is 1.48. The first-order chi connectivity index (χ1) is 14.5.